The first-order valence-corrected chi connectivity index (χ1v) is 6.39. The van der Waals surface area contributed by atoms with Gasteiger partial charge in [-0.3, -0.25) is 19.3 Å². The molecule has 0 aromatic rings. The normalized spacial score (nSPS) is 23.3. The fourth-order valence-electron chi connectivity index (χ4n) is 2.36. The summed E-state index contributed by atoms with van der Waals surface area (Å²) >= 11 is 0. The van der Waals surface area contributed by atoms with Gasteiger partial charge < -0.3 is 4.90 Å². The van der Waals surface area contributed by atoms with Gasteiger partial charge in [-0.1, -0.05) is 6.92 Å². The molecule has 0 N–H and O–H groups in total. The molecule has 1 saturated heterocycles. The maximum Gasteiger partial charge on any atom is 0.253 e. The Hall–Kier alpha value is -1.65. The molecule has 0 aromatic carbocycles. The smallest absolute Gasteiger partial charge is 0.253 e. The van der Waals surface area contributed by atoms with E-state index in [1.165, 1.54) is 17.1 Å². The molecule has 5 heteroatoms. The van der Waals surface area contributed by atoms with Crippen molar-refractivity contribution in [1.82, 2.24) is 9.80 Å². The number of carbonyl (C=O) groups is 3. The minimum atomic E-state index is -0.276. The van der Waals surface area contributed by atoms with Gasteiger partial charge in [-0.15, -0.1) is 0 Å². The molecular weight excluding hydrogens is 232 g/mol. The number of carbonyl (C=O) groups excluding carboxylic acids is 3. The van der Waals surface area contributed by atoms with E-state index in [1.54, 1.807) is 0 Å². The lowest BCUT2D eigenvalue weighted by Crippen LogP contribution is -2.33. The summed E-state index contributed by atoms with van der Waals surface area (Å²) < 4.78 is 0. The van der Waals surface area contributed by atoms with Crippen LogP contribution in [0.3, 0.4) is 0 Å². The molecule has 0 saturated carbocycles. The van der Waals surface area contributed by atoms with E-state index in [0.29, 0.717) is 25.3 Å². The van der Waals surface area contributed by atoms with Crippen molar-refractivity contribution in [2.24, 2.45) is 5.92 Å². The van der Waals surface area contributed by atoms with E-state index >= 15 is 0 Å². The Labute approximate surface area is 106 Å². The zero-order valence-corrected chi connectivity index (χ0v) is 10.6. The third-order valence-corrected chi connectivity index (χ3v) is 3.45. The highest BCUT2D eigenvalue weighted by Crippen LogP contribution is 2.16. The molecule has 2 rings (SSSR count). The Kier molecular flexibility index (Phi) is 3.79. The van der Waals surface area contributed by atoms with E-state index in [0.717, 1.165) is 19.5 Å². The average molecular weight is 250 g/mol. The molecule has 0 bridgehead atoms. The van der Waals surface area contributed by atoms with Crippen LogP contribution >= 0.6 is 0 Å². The number of nitrogens with zero attached hydrogens (tertiary/aromatic N) is 2. The maximum atomic E-state index is 11.8. The van der Waals surface area contributed by atoms with E-state index in [2.05, 4.69) is 6.92 Å². The summed E-state index contributed by atoms with van der Waals surface area (Å²) in [6, 6.07) is 0. The van der Waals surface area contributed by atoms with E-state index in [4.69, 9.17) is 0 Å². The van der Waals surface area contributed by atoms with Crippen LogP contribution in [0.5, 0.6) is 0 Å². The number of hydrogen-bond donors (Lipinski definition) is 0. The highest BCUT2D eigenvalue weighted by atomic mass is 16.2. The largest absolute Gasteiger partial charge is 0.342 e. The molecule has 2 heterocycles. The van der Waals surface area contributed by atoms with Gasteiger partial charge in [0, 0.05) is 38.2 Å². The van der Waals surface area contributed by atoms with Crippen LogP contribution in [0.4, 0.5) is 0 Å². The molecule has 0 aliphatic carbocycles. The fraction of sp³-hybridized carbons (Fsp3) is 0.615. The van der Waals surface area contributed by atoms with E-state index in [-0.39, 0.29) is 17.7 Å². The topological polar surface area (TPSA) is 57.7 Å². The molecule has 98 valence electrons. The van der Waals surface area contributed by atoms with Gasteiger partial charge in [0.2, 0.25) is 5.91 Å². The quantitative estimate of drug-likeness (QED) is 0.685. The summed E-state index contributed by atoms with van der Waals surface area (Å²) in [7, 11) is 0. The number of hydrogen-bond acceptors (Lipinski definition) is 3. The van der Waals surface area contributed by atoms with Crippen molar-refractivity contribution in [3.8, 4) is 0 Å². The van der Waals surface area contributed by atoms with Crippen molar-refractivity contribution in [2.45, 2.75) is 26.2 Å². The van der Waals surface area contributed by atoms with Crippen LogP contribution in [0, 0.1) is 5.92 Å². The molecule has 3 amide bonds. The van der Waals surface area contributed by atoms with E-state index in [9.17, 15) is 14.4 Å². The minimum absolute atomic E-state index is 0.131. The lowest BCUT2D eigenvalue weighted by Gasteiger charge is -2.17. The van der Waals surface area contributed by atoms with Crippen LogP contribution in [0.1, 0.15) is 26.2 Å². The number of rotatable bonds is 4. The van der Waals surface area contributed by atoms with Gasteiger partial charge in [-0.05, 0) is 18.8 Å². The highest BCUT2D eigenvalue weighted by molar-refractivity contribution is 6.12. The highest BCUT2D eigenvalue weighted by Gasteiger charge is 2.25. The summed E-state index contributed by atoms with van der Waals surface area (Å²) in [5.41, 5.74) is 0. The van der Waals surface area contributed by atoms with Crippen molar-refractivity contribution in [2.75, 3.05) is 19.6 Å². The molecule has 0 aromatic heterocycles. The molecule has 5 nitrogen and oxygen atoms in total. The first-order valence-electron chi connectivity index (χ1n) is 6.39. The Bertz CT molecular complexity index is 385. The lowest BCUT2D eigenvalue weighted by molar-refractivity contribution is -0.138. The Balaban J connectivity index is 1.71. The molecular formula is C13H18N2O3. The molecule has 1 atom stereocenters. The summed E-state index contributed by atoms with van der Waals surface area (Å²) in [5, 5.41) is 0. The van der Waals surface area contributed by atoms with Crippen LogP contribution in [-0.4, -0.2) is 47.2 Å². The Morgan fingerprint density at radius 2 is 2.00 bits per heavy atom. The molecule has 0 radical (unpaired) electrons. The molecule has 2 aliphatic heterocycles. The minimum Gasteiger partial charge on any atom is -0.342 e. The standard InChI is InChI=1S/C13H18N2O3/c1-10-6-8-14(9-10)11(16)3-2-7-15-12(17)4-5-13(15)18/h4-5,10H,2-3,6-9H2,1H3/t10-/m1/s1. The van der Waals surface area contributed by atoms with E-state index < -0.39 is 0 Å². The second-order valence-electron chi connectivity index (χ2n) is 5.00. The van der Waals surface area contributed by atoms with Crippen molar-refractivity contribution < 1.29 is 14.4 Å². The third-order valence-electron chi connectivity index (χ3n) is 3.45. The second-order valence-corrected chi connectivity index (χ2v) is 5.00. The molecule has 2 aliphatic rings. The maximum absolute atomic E-state index is 11.8. The van der Waals surface area contributed by atoms with Gasteiger partial charge in [0.05, 0.1) is 0 Å². The SMILES string of the molecule is C[C@@H]1CCN(C(=O)CCCN2C(=O)C=CC2=O)C1. The summed E-state index contributed by atoms with van der Waals surface area (Å²) in [4.78, 5) is 37.5. The van der Waals surface area contributed by atoms with E-state index in [1.807, 2.05) is 4.90 Å². The second kappa shape index (κ2) is 5.33. The zero-order chi connectivity index (χ0) is 13.1. The van der Waals surface area contributed by atoms with Gasteiger partial charge in [0.1, 0.15) is 0 Å². The van der Waals surface area contributed by atoms with Gasteiger partial charge in [-0.2, -0.15) is 0 Å². The molecule has 0 spiro atoms. The van der Waals surface area contributed by atoms with Crippen LogP contribution in [0.15, 0.2) is 12.2 Å². The van der Waals surface area contributed by atoms with Gasteiger partial charge in [0.25, 0.3) is 11.8 Å². The van der Waals surface area contributed by atoms with Gasteiger partial charge in [-0.25, -0.2) is 0 Å². The molecule has 18 heavy (non-hydrogen) atoms. The monoisotopic (exact) mass is 250 g/mol. The first-order chi connectivity index (χ1) is 8.58. The van der Waals surface area contributed by atoms with Crippen LogP contribution in [0.25, 0.3) is 0 Å². The van der Waals surface area contributed by atoms with Crippen LogP contribution in [-0.2, 0) is 14.4 Å². The van der Waals surface area contributed by atoms with Crippen molar-refractivity contribution in [1.29, 1.82) is 0 Å². The van der Waals surface area contributed by atoms with Crippen molar-refractivity contribution in [3.63, 3.8) is 0 Å². The average Bonchev–Trinajstić information content (AvgIpc) is 2.89. The summed E-state index contributed by atoms with van der Waals surface area (Å²) in [6.45, 7) is 4.14. The first kappa shape index (κ1) is 12.8. The molecule has 1 fully saturated rings. The summed E-state index contributed by atoms with van der Waals surface area (Å²) in [6.07, 6.45) is 4.56. The number of likely N-dealkylation sites (tertiary alicyclic amines) is 1. The van der Waals surface area contributed by atoms with Gasteiger partial charge in [0.15, 0.2) is 0 Å². The Morgan fingerprint density at radius 1 is 1.33 bits per heavy atom. The third kappa shape index (κ3) is 2.78. The zero-order valence-electron chi connectivity index (χ0n) is 10.6. The van der Waals surface area contributed by atoms with Gasteiger partial charge >= 0.3 is 0 Å². The number of amides is 3. The lowest BCUT2D eigenvalue weighted by atomic mass is 10.2. The molecule has 0 unspecified atom stereocenters. The predicted molar refractivity (Wildman–Crippen MR) is 65.5 cm³/mol. The predicted octanol–water partition coefficient (Wildman–Crippen LogP) is 0.560. The number of imide groups is 1. The van der Waals surface area contributed by atoms with Crippen molar-refractivity contribution in [3.05, 3.63) is 12.2 Å². The fourth-order valence-corrected chi connectivity index (χ4v) is 2.36. The summed E-state index contributed by atoms with van der Waals surface area (Å²) in [5.74, 6) is 0.163. The van der Waals surface area contributed by atoms with Crippen LogP contribution in [0.2, 0.25) is 0 Å². The Morgan fingerprint density at radius 3 is 2.56 bits per heavy atom. The van der Waals surface area contributed by atoms with Crippen LogP contribution < -0.4 is 0 Å². The van der Waals surface area contributed by atoms with Crippen molar-refractivity contribution >= 4 is 17.7 Å².